The highest BCUT2D eigenvalue weighted by molar-refractivity contribution is 5.63. The Balaban J connectivity index is 3.23. The lowest BCUT2D eigenvalue weighted by atomic mass is 10.1. The molecule has 0 saturated heterocycles. The van der Waals surface area contributed by atoms with Crippen molar-refractivity contribution in [2.45, 2.75) is 20.8 Å². The maximum Gasteiger partial charge on any atom is 0.118 e. The summed E-state index contributed by atoms with van der Waals surface area (Å²) in [6.45, 7) is 5.67. The summed E-state index contributed by atoms with van der Waals surface area (Å²) in [4.78, 5) is 4.17. The minimum atomic E-state index is 0.336. The summed E-state index contributed by atoms with van der Waals surface area (Å²) in [7, 11) is 0. The van der Waals surface area contributed by atoms with E-state index in [0.29, 0.717) is 5.75 Å². The highest BCUT2D eigenvalue weighted by Gasteiger charge is 2.00. The van der Waals surface area contributed by atoms with Gasteiger partial charge in [0.25, 0.3) is 0 Å². The van der Waals surface area contributed by atoms with Gasteiger partial charge in [0.1, 0.15) is 5.75 Å². The van der Waals surface area contributed by atoms with Crippen LogP contribution in [0.5, 0.6) is 5.75 Å². The molecule has 1 aromatic carbocycles. The minimum Gasteiger partial charge on any atom is -0.508 e. The second kappa shape index (κ2) is 3.39. The topological polar surface area (TPSA) is 32.6 Å². The molecule has 0 bridgehead atoms. The Bertz CT molecular complexity index is 316. The summed E-state index contributed by atoms with van der Waals surface area (Å²) in [6.07, 6.45) is 1.75. The van der Waals surface area contributed by atoms with Gasteiger partial charge in [0.15, 0.2) is 0 Å². The molecule has 2 nitrogen and oxygen atoms in total. The van der Waals surface area contributed by atoms with E-state index in [-0.39, 0.29) is 0 Å². The molecule has 0 amide bonds. The number of benzene rings is 1. The summed E-state index contributed by atoms with van der Waals surface area (Å²) in [5.41, 5.74) is 2.78. The minimum absolute atomic E-state index is 0.336. The molecule has 0 aliphatic carbocycles. The Hall–Kier alpha value is -1.31. The summed E-state index contributed by atoms with van der Waals surface area (Å²) >= 11 is 0. The Morgan fingerprint density at radius 2 is 1.92 bits per heavy atom. The van der Waals surface area contributed by atoms with Crippen LogP contribution in [0.3, 0.4) is 0 Å². The van der Waals surface area contributed by atoms with Gasteiger partial charge in [-0.2, -0.15) is 0 Å². The summed E-state index contributed by atoms with van der Waals surface area (Å²) in [6, 6.07) is 3.61. The van der Waals surface area contributed by atoms with Crippen molar-refractivity contribution in [1.82, 2.24) is 0 Å². The Morgan fingerprint density at radius 3 is 2.50 bits per heavy atom. The van der Waals surface area contributed by atoms with Crippen LogP contribution in [0.25, 0.3) is 0 Å². The third kappa shape index (κ3) is 1.64. The number of rotatable bonds is 1. The smallest absolute Gasteiger partial charge is 0.118 e. The quantitative estimate of drug-likeness (QED) is 0.634. The van der Waals surface area contributed by atoms with E-state index < -0.39 is 0 Å². The first kappa shape index (κ1) is 8.78. The lowest BCUT2D eigenvalue weighted by Crippen LogP contribution is -1.79. The van der Waals surface area contributed by atoms with Crippen molar-refractivity contribution in [1.29, 1.82) is 0 Å². The van der Waals surface area contributed by atoms with E-state index in [1.54, 1.807) is 12.3 Å². The number of aryl methyl sites for hydroxylation is 2. The molecule has 1 aromatic rings. The zero-order valence-electron chi connectivity index (χ0n) is 7.63. The molecule has 0 atom stereocenters. The van der Waals surface area contributed by atoms with Crippen molar-refractivity contribution in [2.75, 3.05) is 0 Å². The number of aromatic hydroxyl groups is 1. The summed E-state index contributed by atoms with van der Waals surface area (Å²) < 4.78 is 0. The Labute approximate surface area is 72.6 Å². The summed E-state index contributed by atoms with van der Waals surface area (Å²) in [5, 5.41) is 9.34. The summed E-state index contributed by atoms with van der Waals surface area (Å²) in [5.74, 6) is 0.336. The van der Waals surface area contributed by atoms with E-state index >= 15 is 0 Å². The molecule has 0 fully saturated rings. The van der Waals surface area contributed by atoms with Crippen LogP contribution in [0.1, 0.15) is 18.1 Å². The normalized spacial score (nSPS) is 10.9. The van der Waals surface area contributed by atoms with Gasteiger partial charge in [-0.3, -0.25) is 4.99 Å². The van der Waals surface area contributed by atoms with Gasteiger partial charge < -0.3 is 5.11 Å². The number of hydrogen-bond donors (Lipinski definition) is 1. The van der Waals surface area contributed by atoms with Gasteiger partial charge in [-0.1, -0.05) is 0 Å². The molecule has 0 saturated carbocycles. The number of aliphatic imine (C=N–C) groups is 1. The first-order chi connectivity index (χ1) is 5.65. The predicted octanol–water partition coefficient (Wildman–Crippen LogP) is 2.73. The largest absolute Gasteiger partial charge is 0.508 e. The van der Waals surface area contributed by atoms with Gasteiger partial charge in [-0.15, -0.1) is 0 Å². The van der Waals surface area contributed by atoms with Gasteiger partial charge in [-0.05, 0) is 44.0 Å². The van der Waals surface area contributed by atoms with Crippen LogP contribution < -0.4 is 0 Å². The molecule has 0 aliphatic heterocycles. The third-order valence-corrected chi connectivity index (χ3v) is 1.78. The molecule has 0 unspecified atom stereocenters. The molecule has 0 aliphatic rings. The maximum absolute atomic E-state index is 9.34. The molecular weight excluding hydrogens is 150 g/mol. The molecule has 2 heteroatoms. The van der Waals surface area contributed by atoms with Crippen LogP contribution >= 0.6 is 0 Å². The van der Waals surface area contributed by atoms with Gasteiger partial charge >= 0.3 is 0 Å². The molecule has 0 radical (unpaired) electrons. The fourth-order valence-electron chi connectivity index (χ4n) is 1.06. The van der Waals surface area contributed by atoms with Crippen molar-refractivity contribution in [3.05, 3.63) is 23.3 Å². The van der Waals surface area contributed by atoms with Gasteiger partial charge in [0.05, 0.1) is 5.69 Å². The first-order valence-corrected chi connectivity index (χ1v) is 3.94. The second-order valence-corrected chi connectivity index (χ2v) is 2.81. The predicted molar refractivity (Wildman–Crippen MR) is 51.4 cm³/mol. The van der Waals surface area contributed by atoms with E-state index in [2.05, 4.69) is 4.99 Å². The van der Waals surface area contributed by atoms with Crippen LogP contribution in [-0.4, -0.2) is 11.3 Å². The highest BCUT2D eigenvalue weighted by atomic mass is 16.3. The Kier molecular flexibility index (Phi) is 2.48. The van der Waals surface area contributed by atoms with E-state index in [1.165, 1.54) is 0 Å². The first-order valence-electron chi connectivity index (χ1n) is 3.94. The van der Waals surface area contributed by atoms with Crippen molar-refractivity contribution in [3.8, 4) is 5.75 Å². The number of phenols is 1. The fourth-order valence-corrected chi connectivity index (χ4v) is 1.06. The SMILES string of the molecule is CC=Nc1cc(C)c(O)cc1C. The van der Waals surface area contributed by atoms with Crippen molar-refractivity contribution in [2.24, 2.45) is 4.99 Å². The second-order valence-electron chi connectivity index (χ2n) is 2.81. The molecule has 1 N–H and O–H groups in total. The van der Waals surface area contributed by atoms with E-state index in [0.717, 1.165) is 16.8 Å². The van der Waals surface area contributed by atoms with E-state index in [1.807, 2.05) is 26.8 Å². The standard InChI is InChI=1S/C10H13NO/c1-4-11-9-5-8(3)10(12)6-7(9)2/h4-6,12H,1-3H3. The van der Waals surface area contributed by atoms with Crippen LogP contribution in [0.2, 0.25) is 0 Å². The molecular formula is C10H13NO. The molecule has 0 spiro atoms. The average molecular weight is 163 g/mol. The number of phenolic OH excluding ortho intramolecular Hbond substituents is 1. The van der Waals surface area contributed by atoms with E-state index in [4.69, 9.17) is 0 Å². The van der Waals surface area contributed by atoms with Crippen molar-refractivity contribution in [3.63, 3.8) is 0 Å². The van der Waals surface area contributed by atoms with Gasteiger partial charge in [-0.25, -0.2) is 0 Å². The molecule has 0 aromatic heterocycles. The number of nitrogens with zero attached hydrogens (tertiary/aromatic N) is 1. The van der Waals surface area contributed by atoms with Crippen molar-refractivity contribution >= 4 is 11.9 Å². The maximum atomic E-state index is 9.34. The van der Waals surface area contributed by atoms with Crippen LogP contribution in [0.4, 0.5) is 5.69 Å². The molecule has 12 heavy (non-hydrogen) atoms. The third-order valence-electron chi connectivity index (χ3n) is 1.78. The van der Waals surface area contributed by atoms with E-state index in [9.17, 15) is 5.11 Å². The Morgan fingerprint density at radius 1 is 1.25 bits per heavy atom. The van der Waals surface area contributed by atoms with Crippen LogP contribution in [0.15, 0.2) is 17.1 Å². The zero-order chi connectivity index (χ0) is 9.14. The average Bonchev–Trinajstić information content (AvgIpc) is 2.01. The lowest BCUT2D eigenvalue weighted by Gasteiger charge is -2.03. The lowest BCUT2D eigenvalue weighted by molar-refractivity contribution is 0.471. The molecule has 64 valence electrons. The van der Waals surface area contributed by atoms with Crippen LogP contribution in [-0.2, 0) is 0 Å². The van der Waals surface area contributed by atoms with Gasteiger partial charge in [0, 0.05) is 6.21 Å². The number of hydrogen-bond acceptors (Lipinski definition) is 2. The monoisotopic (exact) mass is 163 g/mol. The van der Waals surface area contributed by atoms with Crippen molar-refractivity contribution < 1.29 is 5.11 Å². The highest BCUT2D eigenvalue weighted by Crippen LogP contribution is 2.26. The fraction of sp³-hybridized carbons (Fsp3) is 0.300. The van der Waals surface area contributed by atoms with Crippen LogP contribution in [0, 0.1) is 13.8 Å². The molecule has 0 heterocycles. The van der Waals surface area contributed by atoms with Gasteiger partial charge in [0.2, 0.25) is 0 Å². The zero-order valence-corrected chi connectivity index (χ0v) is 7.63. The molecule has 1 rings (SSSR count).